The van der Waals surface area contributed by atoms with Gasteiger partial charge in [0, 0.05) is 11.4 Å². The average molecular weight is 368 g/mol. The molecule has 1 unspecified atom stereocenters. The number of esters is 1. The first-order valence-electron chi connectivity index (χ1n) is 7.66. The summed E-state index contributed by atoms with van der Waals surface area (Å²) >= 11 is 2.42. The number of hydrogen-bond acceptors (Lipinski definition) is 7. The van der Waals surface area contributed by atoms with Crippen molar-refractivity contribution in [3.63, 3.8) is 0 Å². The zero-order chi connectivity index (χ0) is 18.0. The van der Waals surface area contributed by atoms with Crippen LogP contribution in [-0.2, 0) is 20.9 Å². The van der Waals surface area contributed by atoms with Gasteiger partial charge in [0.2, 0.25) is 0 Å². The summed E-state index contributed by atoms with van der Waals surface area (Å²) in [6.45, 7) is 9.30. The normalized spacial score (nSPS) is 12.4. The number of hydrogen-bond donors (Lipinski definition) is 0. The van der Waals surface area contributed by atoms with Crippen LogP contribution in [0, 0.1) is 13.8 Å². The van der Waals surface area contributed by atoms with Gasteiger partial charge in [-0.2, -0.15) is 0 Å². The Balaban J connectivity index is 2.57. The zero-order valence-corrected chi connectivity index (χ0v) is 16.0. The topological polar surface area (TPSA) is 78.3 Å². The molecule has 0 N–H and O–H groups in total. The molecule has 130 valence electrons. The molecule has 2 heterocycles. The van der Waals surface area contributed by atoms with Crippen molar-refractivity contribution in [3.8, 4) is 0 Å². The minimum Gasteiger partial charge on any atom is -0.465 e. The predicted molar refractivity (Wildman–Crippen MR) is 96.0 cm³/mol. The van der Waals surface area contributed by atoms with E-state index in [2.05, 4.69) is 4.98 Å². The first-order valence-corrected chi connectivity index (χ1v) is 9.35. The predicted octanol–water partition coefficient (Wildman–Crippen LogP) is 2.71. The van der Waals surface area contributed by atoms with E-state index >= 15 is 0 Å². The summed E-state index contributed by atoms with van der Waals surface area (Å²) in [6.07, 6.45) is 0. The molecule has 2 aromatic heterocycles. The van der Waals surface area contributed by atoms with Crippen molar-refractivity contribution in [3.05, 3.63) is 20.8 Å². The van der Waals surface area contributed by atoms with Crippen molar-refractivity contribution in [2.45, 2.75) is 51.6 Å². The molecule has 0 amide bonds. The molecule has 0 spiro atoms. The molecule has 0 fully saturated rings. The van der Waals surface area contributed by atoms with Crippen molar-refractivity contribution in [1.82, 2.24) is 9.55 Å². The Hall–Kier alpha value is -1.67. The van der Waals surface area contributed by atoms with E-state index < -0.39 is 11.2 Å². The highest BCUT2D eigenvalue weighted by atomic mass is 32.2. The first-order chi connectivity index (χ1) is 11.3. The van der Waals surface area contributed by atoms with E-state index in [4.69, 9.17) is 4.74 Å². The number of carbonyl (C=O) groups excluding carboxylic acids is 2. The summed E-state index contributed by atoms with van der Waals surface area (Å²) in [6, 6.07) is 0. The molecule has 8 heteroatoms. The molecule has 1 atom stereocenters. The summed E-state index contributed by atoms with van der Waals surface area (Å²) < 4.78 is 6.46. The van der Waals surface area contributed by atoms with Crippen LogP contribution in [0.15, 0.2) is 9.95 Å². The van der Waals surface area contributed by atoms with Crippen molar-refractivity contribution in [2.24, 2.45) is 0 Å². The smallest absolute Gasteiger partial charge is 0.327 e. The largest absolute Gasteiger partial charge is 0.465 e. The Morgan fingerprint density at radius 1 is 1.33 bits per heavy atom. The van der Waals surface area contributed by atoms with Gasteiger partial charge >= 0.3 is 5.97 Å². The number of carbonyl (C=O) groups is 2. The maximum atomic E-state index is 12.8. The van der Waals surface area contributed by atoms with Gasteiger partial charge in [0.25, 0.3) is 5.56 Å². The summed E-state index contributed by atoms with van der Waals surface area (Å²) in [5, 5.41) is -0.0435. The van der Waals surface area contributed by atoms with Gasteiger partial charge in [0.15, 0.2) is 16.2 Å². The minimum absolute atomic E-state index is 0.141. The lowest BCUT2D eigenvalue weighted by Gasteiger charge is -2.15. The lowest BCUT2D eigenvalue weighted by Crippen LogP contribution is -2.29. The summed E-state index contributed by atoms with van der Waals surface area (Å²) in [7, 11) is 0. The van der Waals surface area contributed by atoms with E-state index in [0.29, 0.717) is 21.9 Å². The van der Waals surface area contributed by atoms with E-state index in [1.165, 1.54) is 22.8 Å². The highest BCUT2D eigenvalue weighted by Gasteiger charge is 2.29. The molecule has 0 bridgehead atoms. The van der Waals surface area contributed by atoms with E-state index in [1.807, 2.05) is 20.8 Å². The molecule has 2 aromatic rings. The number of rotatable bonds is 6. The monoisotopic (exact) mass is 368 g/mol. The number of thiophene rings is 1. The third-order valence-corrected chi connectivity index (χ3v) is 6.05. The highest BCUT2D eigenvalue weighted by molar-refractivity contribution is 8.01. The Morgan fingerprint density at radius 3 is 2.54 bits per heavy atom. The minimum atomic E-state index is -1.02. The van der Waals surface area contributed by atoms with Crippen LogP contribution in [0.5, 0.6) is 0 Å². The average Bonchev–Trinajstić information content (AvgIpc) is 2.79. The van der Waals surface area contributed by atoms with Gasteiger partial charge in [-0.3, -0.25) is 19.0 Å². The number of nitrogens with zero attached hydrogens (tertiary/aromatic N) is 2. The van der Waals surface area contributed by atoms with Crippen LogP contribution in [0.4, 0.5) is 0 Å². The summed E-state index contributed by atoms with van der Waals surface area (Å²) in [4.78, 5) is 42.8. The third-order valence-electron chi connectivity index (χ3n) is 3.66. The molecule has 6 nitrogen and oxygen atoms in total. The second kappa shape index (κ2) is 7.48. The Labute approximate surface area is 148 Å². The van der Waals surface area contributed by atoms with Gasteiger partial charge in [-0.25, -0.2) is 4.98 Å². The number of aromatic nitrogens is 2. The fourth-order valence-corrected chi connectivity index (χ4v) is 4.40. The quantitative estimate of drug-likeness (QED) is 0.338. The number of aryl methyl sites for hydroxylation is 2. The zero-order valence-electron chi connectivity index (χ0n) is 14.3. The fourth-order valence-electron chi connectivity index (χ4n) is 2.30. The van der Waals surface area contributed by atoms with E-state index in [1.54, 1.807) is 6.92 Å². The van der Waals surface area contributed by atoms with Crippen LogP contribution in [0.25, 0.3) is 10.2 Å². The molecule has 2 rings (SSSR count). The Kier molecular flexibility index (Phi) is 5.82. The second-order valence-corrected chi connectivity index (χ2v) is 7.54. The van der Waals surface area contributed by atoms with Gasteiger partial charge in [-0.15, -0.1) is 11.3 Å². The van der Waals surface area contributed by atoms with Crippen molar-refractivity contribution < 1.29 is 14.3 Å². The van der Waals surface area contributed by atoms with Crippen molar-refractivity contribution in [2.75, 3.05) is 6.61 Å². The van der Waals surface area contributed by atoms with E-state index in [0.717, 1.165) is 22.2 Å². The number of thioether (sulfide) groups is 1. The van der Waals surface area contributed by atoms with Gasteiger partial charge in [-0.1, -0.05) is 11.8 Å². The third kappa shape index (κ3) is 3.39. The molecule has 0 aliphatic rings. The van der Waals surface area contributed by atoms with Crippen LogP contribution in [-0.4, -0.2) is 33.2 Å². The molecule has 0 aliphatic carbocycles. The van der Waals surface area contributed by atoms with Crippen LogP contribution < -0.4 is 5.56 Å². The Bertz CT molecular complexity index is 854. The number of ketones is 1. The van der Waals surface area contributed by atoms with Crippen molar-refractivity contribution >= 4 is 45.1 Å². The number of Topliss-reactive ketones (excluding diaryl/α,β-unsaturated/α-hetero) is 1. The molecular weight excluding hydrogens is 348 g/mol. The molecule has 0 aromatic carbocycles. The molecule has 24 heavy (non-hydrogen) atoms. The maximum Gasteiger partial charge on any atom is 0.327 e. The molecule has 0 aliphatic heterocycles. The molecule has 0 radical (unpaired) electrons. The van der Waals surface area contributed by atoms with Crippen LogP contribution in [0.1, 0.15) is 31.2 Å². The fraction of sp³-hybridized carbons (Fsp3) is 0.500. The summed E-state index contributed by atoms with van der Waals surface area (Å²) in [5.74, 6) is -0.931. The Morgan fingerprint density at radius 2 is 2.00 bits per heavy atom. The molecule has 0 saturated heterocycles. The maximum absolute atomic E-state index is 12.8. The van der Waals surface area contributed by atoms with Crippen molar-refractivity contribution in [1.29, 1.82) is 0 Å². The van der Waals surface area contributed by atoms with Crippen LogP contribution in [0.3, 0.4) is 0 Å². The van der Waals surface area contributed by atoms with Crippen LogP contribution >= 0.6 is 23.1 Å². The van der Waals surface area contributed by atoms with E-state index in [9.17, 15) is 14.4 Å². The number of ether oxygens (including phenoxy) is 1. The van der Waals surface area contributed by atoms with Gasteiger partial charge < -0.3 is 4.74 Å². The standard InChI is InChI=1S/C16H20N2O4S2/c1-6-18-14(20)11-8(3)10(5)23-13(11)17-16(18)24-12(9(4)19)15(21)22-7-2/h12H,6-7H2,1-5H3. The molecular formula is C16H20N2O4S2. The first kappa shape index (κ1) is 18.7. The lowest BCUT2D eigenvalue weighted by molar-refractivity contribution is -0.144. The number of fused-ring (bicyclic) bond motifs is 1. The summed E-state index contributed by atoms with van der Waals surface area (Å²) in [5.41, 5.74) is 0.790. The SMILES string of the molecule is CCOC(=O)C(Sc1nc2sc(C)c(C)c2c(=O)n1CC)C(C)=O. The van der Waals surface area contributed by atoms with Gasteiger partial charge in [-0.05, 0) is 40.2 Å². The second-order valence-electron chi connectivity index (χ2n) is 5.27. The molecule has 0 saturated carbocycles. The van der Waals surface area contributed by atoms with Crippen LogP contribution in [0.2, 0.25) is 0 Å². The van der Waals surface area contributed by atoms with E-state index in [-0.39, 0.29) is 17.9 Å². The highest BCUT2D eigenvalue weighted by Crippen LogP contribution is 2.30. The lowest BCUT2D eigenvalue weighted by atomic mass is 10.2. The van der Waals surface area contributed by atoms with Gasteiger partial charge in [0.05, 0.1) is 12.0 Å². The van der Waals surface area contributed by atoms with Gasteiger partial charge in [0.1, 0.15) is 4.83 Å².